The molecule has 3 aromatic heterocycles. The molecule has 1 saturated heterocycles. The number of hydrogen-bond acceptors (Lipinski definition) is 7. The van der Waals surface area contributed by atoms with Crippen LogP contribution in [0.3, 0.4) is 0 Å². The highest BCUT2D eigenvalue weighted by Crippen LogP contribution is 2.33. The molecule has 10 heteroatoms. The van der Waals surface area contributed by atoms with Crippen molar-refractivity contribution in [2.45, 2.75) is 52.3 Å². The summed E-state index contributed by atoms with van der Waals surface area (Å²) < 4.78 is 8.47. The van der Waals surface area contributed by atoms with Gasteiger partial charge in [0.2, 0.25) is 0 Å². The first kappa shape index (κ1) is 23.2. The molecular formula is C23H26IN7O2. The molecule has 1 aliphatic rings. The zero-order chi connectivity index (χ0) is 23.9. The second-order valence-corrected chi connectivity index (χ2v) is 10.4. The molecule has 1 aliphatic heterocycles. The number of piperazine rings is 1. The Balaban J connectivity index is 1.69. The number of carbonyl (C=O) groups is 1. The molecule has 0 bridgehead atoms. The molecule has 33 heavy (non-hydrogen) atoms. The van der Waals surface area contributed by atoms with E-state index in [4.69, 9.17) is 4.74 Å². The van der Waals surface area contributed by atoms with Gasteiger partial charge < -0.3 is 14.5 Å². The van der Waals surface area contributed by atoms with Crippen LogP contribution in [0.15, 0.2) is 30.9 Å². The van der Waals surface area contributed by atoms with Crippen LogP contribution in [0.5, 0.6) is 0 Å². The van der Waals surface area contributed by atoms with E-state index in [1.54, 1.807) is 29.6 Å². The molecule has 172 valence electrons. The molecular weight excluding hydrogens is 533 g/mol. The highest BCUT2D eigenvalue weighted by molar-refractivity contribution is 14.1. The zero-order valence-electron chi connectivity index (χ0n) is 19.3. The van der Waals surface area contributed by atoms with Crippen molar-refractivity contribution < 1.29 is 9.53 Å². The maximum absolute atomic E-state index is 12.7. The number of halogens is 1. The van der Waals surface area contributed by atoms with Gasteiger partial charge in [-0.1, -0.05) is 0 Å². The van der Waals surface area contributed by atoms with Crippen LogP contribution in [-0.4, -0.2) is 61.3 Å². The first-order chi connectivity index (χ1) is 15.6. The maximum atomic E-state index is 12.7. The third-order valence-corrected chi connectivity index (χ3v) is 6.34. The number of nitrogens with zero attached hydrogens (tertiary/aromatic N) is 7. The Morgan fingerprint density at radius 3 is 2.67 bits per heavy atom. The largest absolute Gasteiger partial charge is 0.444 e. The van der Waals surface area contributed by atoms with Crippen LogP contribution in [0.4, 0.5) is 10.6 Å². The first-order valence-corrected chi connectivity index (χ1v) is 11.8. The summed E-state index contributed by atoms with van der Waals surface area (Å²) in [4.78, 5) is 30.3. The summed E-state index contributed by atoms with van der Waals surface area (Å²) in [6, 6.07) is 5.55. The van der Waals surface area contributed by atoms with Crippen molar-refractivity contribution in [2.75, 3.05) is 18.0 Å². The Labute approximate surface area is 206 Å². The minimum atomic E-state index is -0.536. The van der Waals surface area contributed by atoms with Gasteiger partial charge in [-0.3, -0.25) is 4.57 Å². The minimum Gasteiger partial charge on any atom is -0.444 e. The van der Waals surface area contributed by atoms with E-state index in [0.717, 1.165) is 20.4 Å². The summed E-state index contributed by atoms with van der Waals surface area (Å²) in [5, 5.41) is 10.2. The number of hydrogen-bond donors (Lipinski definition) is 0. The molecule has 1 unspecified atom stereocenters. The van der Waals surface area contributed by atoms with Crippen molar-refractivity contribution in [2.24, 2.45) is 0 Å². The summed E-state index contributed by atoms with van der Waals surface area (Å²) in [5.41, 5.74) is 0.722. The van der Waals surface area contributed by atoms with Crippen LogP contribution < -0.4 is 4.90 Å². The smallest absolute Gasteiger partial charge is 0.410 e. The average Bonchev–Trinajstić information content (AvgIpc) is 3.11. The number of nitriles is 1. The lowest BCUT2D eigenvalue weighted by atomic mass is 10.1. The fourth-order valence-electron chi connectivity index (χ4n) is 4.01. The highest BCUT2D eigenvalue weighted by Gasteiger charge is 2.36. The molecule has 0 spiro atoms. The van der Waals surface area contributed by atoms with E-state index in [2.05, 4.69) is 55.4 Å². The standard InChI is InChI=1S/C23H26IN7O2/c1-14-11-30(22(32)33-23(3,4)5)15(2)10-29(14)20-19-17(24)12-31(21(19)28-13-27-20)18-8-16(9-25)6-7-26-18/h6-8,12-15H,10-11H2,1-5H3/t14?,15-/m0/s1. The van der Waals surface area contributed by atoms with Crippen LogP contribution >= 0.6 is 22.6 Å². The minimum absolute atomic E-state index is 0.0333. The molecule has 4 heterocycles. The van der Waals surface area contributed by atoms with Crippen LogP contribution in [0.1, 0.15) is 40.2 Å². The van der Waals surface area contributed by atoms with Gasteiger partial charge in [0.05, 0.1) is 17.0 Å². The van der Waals surface area contributed by atoms with Gasteiger partial charge in [0, 0.05) is 41.1 Å². The normalized spacial score (nSPS) is 18.9. The third-order valence-electron chi connectivity index (χ3n) is 5.52. The van der Waals surface area contributed by atoms with Gasteiger partial charge in [0.25, 0.3) is 0 Å². The van der Waals surface area contributed by atoms with Crippen molar-refractivity contribution in [3.63, 3.8) is 0 Å². The van der Waals surface area contributed by atoms with Gasteiger partial charge in [-0.2, -0.15) is 5.26 Å². The fourth-order valence-corrected chi connectivity index (χ4v) is 4.77. The molecule has 1 amide bonds. The van der Waals surface area contributed by atoms with Gasteiger partial charge in [0.15, 0.2) is 5.65 Å². The topological polar surface area (TPSA) is 100 Å². The van der Waals surface area contributed by atoms with Gasteiger partial charge in [0.1, 0.15) is 23.6 Å². The van der Waals surface area contributed by atoms with Crippen molar-refractivity contribution in [3.8, 4) is 11.9 Å². The fraction of sp³-hybridized carbons (Fsp3) is 0.435. The van der Waals surface area contributed by atoms with Gasteiger partial charge in [-0.15, -0.1) is 0 Å². The van der Waals surface area contributed by atoms with Crippen LogP contribution in [0, 0.1) is 14.9 Å². The average molecular weight is 559 g/mol. The summed E-state index contributed by atoms with van der Waals surface area (Å²) in [7, 11) is 0. The Hall–Kier alpha value is -2.94. The number of pyridine rings is 1. The second kappa shape index (κ2) is 8.78. The van der Waals surface area contributed by atoms with Gasteiger partial charge >= 0.3 is 6.09 Å². The molecule has 9 nitrogen and oxygen atoms in total. The monoisotopic (exact) mass is 559 g/mol. The first-order valence-electron chi connectivity index (χ1n) is 10.7. The lowest BCUT2D eigenvalue weighted by Gasteiger charge is -2.44. The van der Waals surface area contributed by atoms with Crippen LogP contribution in [-0.2, 0) is 4.74 Å². The quantitative estimate of drug-likeness (QED) is 0.436. The molecule has 2 atom stereocenters. The van der Waals surface area contributed by atoms with E-state index in [0.29, 0.717) is 24.5 Å². The second-order valence-electron chi connectivity index (χ2n) is 9.24. The highest BCUT2D eigenvalue weighted by atomic mass is 127. The molecule has 0 N–H and O–H groups in total. The molecule has 0 aliphatic carbocycles. The Bertz CT molecular complexity index is 1240. The van der Waals surface area contributed by atoms with Crippen LogP contribution in [0.25, 0.3) is 16.9 Å². The lowest BCUT2D eigenvalue weighted by Crippen LogP contribution is -2.59. The molecule has 1 fully saturated rings. The van der Waals surface area contributed by atoms with E-state index in [-0.39, 0.29) is 18.2 Å². The lowest BCUT2D eigenvalue weighted by molar-refractivity contribution is 0.0130. The predicted molar refractivity (Wildman–Crippen MR) is 133 cm³/mol. The predicted octanol–water partition coefficient (Wildman–Crippen LogP) is 4.13. The summed E-state index contributed by atoms with van der Waals surface area (Å²) >= 11 is 2.28. The Kier molecular flexibility index (Phi) is 6.18. The van der Waals surface area contributed by atoms with Crippen molar-refractivity contribution in [1.82, 2.24) is 24.4 Å². The molecule has 0 saturated carbocycles. The number of ether oxygens (including phenoxy) is 1. The molecule has 0 radical (unpaired) electrons. The van der Waals surface area contributed by atoms with Gasteiger partial charge in [-0.25, -0.2) is 19.7 Å². The molecule has 0 aromatic carbocycles. The van der Waals surface area contributed by atoms with E-state index >= 15 is 0 Å². The van der Waals surface area contributed by atoms with Crippen molar-refractivity contribution in [1.29, 1.82) is 5.26 Å². The number of amides is 1. The maximum Gasteiger partial charge on any atom is 0.410 e. The van der Waals surface area contributed by atoms with E-state index in [1.165, 1.54) is 0 Å². The van der Waals surface area contributed by atoms with Crippen molar-refractivity contribution in [3.05, 3.63) is 40.0 Å². The van der Waals surface area contributed by atoms with Gasteiger partial charge in [-0.05, 0) is 69.3 Å². The SMILES string of the molecule is CC1CN(C(=O)OC(C)(C)C)[C@@H](C)CN1c1ncnc2c1c(I)cn2-c1cc(C#N)ccn1. The van der Waals surface area contributed by atoms with E-state index in [9.17, 15) is 10.1 Å². The molecule has 3 aromatic rings. The number of rotatable bonds is 2. The number of anilines is 1. The summed E-state index contributed by atoms with van der Waals surface area (Å²) in [5.74, 6) is 1.45. The summed E-state index contributed by atoms with van der Waals surface area (Å²) in [6.07, 6.45) is 4.83. The van der Waals surface area contributed by atoms with Crippen molar-refractivity contribution >= 4 is 45.5 Å². The Morgan fingerprint density at radius 1 is 1.21 bits per heavy atom. The zero-order valence-corrected chi connectivity index (χ0v) is 21.4. The number of fused-ring (bicyclic) bond motifs is 1. The molecule has 4 rings (SSSR count). The van der Waals surface area contributed by atoms with E-state index < -0.39 is 5.60 Å². The number of aromatic nitrogens is 4. The summed E-state index contributed by atoms with van der Waals surface area (Å²) in [6.45, 7) is 10.9. The Morgan fingerprint density at radius 2 is 1.97 bits per heavy atom. The van der Waals surface area contributed by atoms with E-state index in [1.807, 2.05) is 38.5 Å². The third kappa shape index (κ3) is 4.59. The number of carbonyl (C=O) groups excluding carboxylic acids is 1. The van der Waals surface area contributed by atoms with Crippen LogP contribution in [0.2, 0.25) is 0 Å².